The standard InChI is InChI=1S/C17H16N2O/c1-11-3-4-12(2)15(9-11)16-10-20-17(19-16)13-5-7-14(18)8-6-13/h3-10H,18H2,1-2H3. The summed E-state index contributed by atoms with van der Waals surface area (Å²) in [5.74, 6) is 0.612. The van der Waals surface area contributed by atoms with Crippen LogP contribution in [0.1, 0.15) is 11.1 Å². The molecule has 0 atom stereocenters. The van der Waals surface area contributed by atoms with Crippen LogP contribution in [0.5, 0.6) is 0 Å². The average Bonchev–Trinajstić information content (AvgIpc) is 2.92. The van der Waals surface area contributed by atoms with E-state index in [1.165, 1.54) is 11.1 Å². The van der Waals surface area contributed by atoms with Gasteiger partial charge in [-0.3, -0.25) is 0 Å². The van der Waals surface area contributed by atoms with E-state index in [9.17, 15) is 0 Å². The molecule has 2 N–H and O–H groups in total. The average molecular weight is 264 g/mol. The maximum Gasteiger partial charge on any atom is 0.226 e. The predicted octanol–water partition coefficient (Wildman–Crippen LogP) is 4.21. The molecule has 0 saturated carbocycles. The van der Waals surface area contributed by atoms with Gasteiger partial charge in [0.1, 0.15) is 12.0 Å². The highest BCUT2D eigenvalue weighted by Crippen LogP contribution is 2.27. The molecule has 3 aromatic rings. The number of benzene rings is 2. The molecule has 0 saturated heterocycles. The van der Waals surface area contributed by atoms with E-state index in [4.69, 9.17) is 10.2 Å². The van der Waals surface area contributed by atoms with Crippen LogP contribution < -0.4 is 5.73 Å². The summed E-state index contributed by atoms with van der Waals surface area (Å²) < 4.78 is 5.59. The Bertz CT molecular complexity index is 742. The molecule has 1 aromatic heterocycles. The highest BCUT2D eigenvalue weighted by molar-refractivity contribution is 5.67. The molecule has 0 aliphatic carbocycles. The second-order valence-electron chi connectivity index (χ2n) is 4.98. The van der Waals surface area contributed by atoms with Crippen LogP contribution in [0, 0.1) is 13.8 Å². The van der Waals surface area contributed by atoms with Gasteiger partial charge in [-0.2, -0.15) is 0 Å². The fourth-order valence-corrected chi connectivity index (χ4v) is 2.17. The Morgan fingerprint density at radius 1 is 1.00 bits per heavy atom. The molecule has 0 amide bonds. The first-order chi connectivity index (χ1) is 9.63. The van der Waals surface area contributed by atoms with Crippen molar-refractivity contribution < 1.29 is 4.42 Å². The molecule has 0 aliphatic rings. The zero-order valence-electron chi connectivity index (χ0n) is 11.6. The van der Waals surface area contributed by atoms with E-state index in [1.807, 2.05) is 24.3 Å². The molecule has 3 heteroatoms. The van der Waals surface area contributed by atoms with Crippen molar-refractivity contribution >= 4 is 5.69 Å². The van der Waals surface area contributed by atoms with E-state index < -0.39 is 0 Å². The minimum atomic E-state index is 0.612. The summed E-state index contributed by atoms with van der Waals surface area (Å²) in [4.78, 5) is 4.57. The first kappa shape index (κ1) is 12.5. The highest BCUT2D eigenvalue weighted by Gasteiger charge is 2.10. The normalized spacial score (nSPS) is 10.7. The lowest BCUT2D eigenvalue weighted by Gasteiger charge is -2.02. The fourth-order valence-electron chi connectivity index (χ4n) is 2.17. The summed E-state index contributed by atoms with van der Waals surface area (Å²) >= 11 is 0. The fraction of sp³-hybridized carbons (Fsp3) is 0.118. The van der Waals surface area contributed by atoms with Gasteiger partial charge in [0.15, 0.2) is 0 Å². The summed E-state index contributed by atoms with van der Waals surface area (Å²) in [6.07, 6.45) is 1.70. The zero-order chi connectivity index (χ0) is 14.1. The molecule has 20 heavy (non-hydrogen) atoms. The minimum absolute atomic E-state index is 0.612. The van der Waals surface area contributed by atoms with Crippen LogP contribution in [0.4, 0.5) is 5.69 Å². The van der Waals surface area contributed by atoms with Gasteiger partial charge in [0.2, 0.25) is 5.89 Å². The molecule has 0 fully saturated rings. The first-order valence-electron chi connectivity index (χ1n) is 6.52. The van der Waals surface area contributed by atoms with Crippen LogP contribution in [0.2, 0.25) is 0 Å². The van der Waals surface area contributed by atoms with Gasteiger partial charge < -0.3 is 10.2 Å². The maximum atomic E-state index is 5.69. The molecule has 3 nitrogen and oxygen atoms in total. The number of anilines is 1. The molecule has 100 valence electrons. The van der Waals surface area contributed by atoms with Gasteiger partial charge in [-0.15, -0.1) is 0 Å². The van der Waals surface area contributed by atoms with Gasteiger partial charge in [-0.25, -0.2) is 4.98 Å². The Morgan fingerprint density at radius 2 is 1.75 bits per heavy atom. The van der Waals surface area contributed by atoms with E-state index >= 15 is 0 Å². The van der Waals surface area contributed by atoms with Crippen molar-refractivity contribution in [1.82, 2.24) is 4.98 Å². The van der Waals surface area contributed by atoms with Crippen LogP contribution in [0.25, 0.3) is 22.7 Å². The maximum absolute atomic E-state index is 5.69. The quantitative estimate of drug-likeness (QED) is 0.705. The van der Waals surface area contributed by atoms with E-state index in [-0.39, 0.29) is 0 Å². The molecule has 0 spiro atoms. The highest BCUT2D eigenvalue weighted by atomic mass is 16.3. The molecule has 0 aliphatic heterocycles. The number of nitrogens with zero attached hydrogens (tertiary/aromatic N) is 1. The summed E-state index contributed by atoms with van der Waals surface area (Å²) in [6, 6.07) is 13.8. The molecular formula is C17H16N2O. The number of aryl methyl sites for hydroxylation is 2. The molecule has 0 bridgehead atoms. The van der Waals surface area contributed by atoms with E-state index in [1.54, 1.807) is 6.26 Å². The molecule has 3 rings (SSSR count). The number of nitrogens with two attached hydrogens (primary N) is 1. The van der Waals surface area contributed by atoms with E-state index in [2.05, 4.69) is 37.0 Å². The lowest BCUT2D eigenvalue weighted by Crippen LogP contribution is -1.86. The topological polar surface area (TPSA) is 52.0 Å². The van der Waals surface area contributed by atoms with Crippen LogP contribution >= 0.6 is 0 Å². The first-order valence-corrected chi connectivity index (χ1v) is 6.52. The Labute approximate surface area is 118 Å². The summed E-state index contributed by atoms with van der Waals surface area (Å²) in [6.45, 7) is 4.15. The second kappa shape index (κ2) is 4.85. The van der Waals surface area contributed by atoms with Crippen molar-refractivity contribution in [2.75, 3.05) is 5.73 Å². The van der Waals surface area contributed by atoms with Crippen molar-refractivity contribution in [2.24, 2.45) is 0 Å². The second-order valence-corrected chi connectivity index (χ2v) is 4.98. The molecule has 2 aromatic carbocycles. The van der Waals surface area contributed by atoms with Gasteiger partial charge in [0, 0.05) is 16.8 Å². The number of rotatable bonds is 2. The zero-order valence-corrected chi connectivity index (χ0v) is 11.6. The van der Waals surface area contributed by atoms with Crippen LogP contribution in [0.3, 0.4) is 0 Å². The molecule has 0 radical (unpaired) electrons. The number of nitrogen functional groups attached to an aromatic ring is 1. The van der Waals surface area contributed by atoms with Gasteiger partial charge in [-0.05, 0) is 49.7 Å². The van der Waals surface area contributed by atoms with Gasteiger partial charge in [0.25, 0.3) is 0 Å². The number of oxazole rings is 1. The van der Waals surface area contributed by atoms with Crippen molar-refractivity contribution in [3.63, 3.8) is 0 Å². The summed E-state index contributed by atoms with van der Waals surface area (Å²) in [5, 5.41) is 0. The third-order valence-electron chi connectivity index (χ3n) is 3.33. The minimum Gasteiger partial charge on any atom is -0.444 e. The SMILES string of the molecule is Cc1ccc(C)c(-c2coc(-c3ccc(N)cc3)n2)c1. The lowest BCUT2D eigenvalue weighted by molar-refractivity contribution is 0.575. The van der Waals surface area contributed by atoms with Gasteiger partial charge >= 0.3 is 0 Å². The van der Waals surface area contributed by atoms with Crippen LogP contribution in [0.15, 0.2) is 53.1 Å². The van der Waals surface area contributed by atoms with Crippen molar-refractivity contribution in [1.29, 1.82) is 0 Å². The lowest BCUT2D eigenvalue weighted by atomic mass is 10.0. The van der Waals surface area contributed by atoms with Crippen molar-refractivity contribution in [3.8, 4) is 22.7 Å². The molecular weight excluding hydrogens is 248 g/mol. The largest absolute Gasteiger partial charge is 0.444 e. The third-order valence-corrected chi connectivity index (χ3v) is 3.33. The van der Waals surface area contributed by atoms with Crippen molar-refractivity contribution in [2.45, 2.75) is 13.8 Å². The van der Waals surface area contributed by atoms with Gasteiger partial charge in [-0.1, -0.05) is 17.7 Å². The van der Waals surface area contributed by atoms with E-state index in [0.29, 0.717) is 5.89 Å². The Hall–Kier alpha value is -2.55. The van der Waals surface area contributed by atoms with Crippen LogP contribution in [-0.2, 0) is 0 Å². The Kier molecular flexibility index (Phi) is 3.03. The Morgan fingerprint density at radius 3 is 2.50 bits per heavy atom. The monoisotopic (exact) mass is 264 g/mol. The predicted molar refractivity (Wildman–Crippen MR) is 81.3 cm³/mol. The van der Waals surface area contributed by atoms with Crippen molar-refractivity contribution in [3.05, 3.63) is 59.9 Å². The third kappa shape index (κ3) is 2.30. The Balaban J connectivity index is 2.01. The molecule has 1 heterocycles. The summed E-state index contributed by atoms with van der Waals surface area (Å²) in [5.41, 5.74) is 11.7. The number of hydrogen-bond acceptors (Lipinski definition) is 3. The van der Waals surface area contributed by atoms with Gasteiger partial charge in [0.05, 0.1) is 0 Å². The molecule has 0 unspecified atom stereocenters. The van der Waals surface area contributed by atoms with E-state index in [0.717, 1.165) is 22.5 Å². The number of hydrogen-bond donors (Lipinski definition) is 1. The smallest absolute Gasteiger partial charge is 0.226 e. The number of aromatic nitrogens is 1. The van der Waals surface area contributed by atoms with Crippen LogP contribution in [-0.4, -0.2) is 4.98 Å². The summed E-state index contributed by atoms with van der Waals surface area (Å²) in [7, 11) is 0.